The zero-order chi connectivity index (χ0) is 17.5. The van der Waals surface area contributed by atoms with Gasteiger partial charge in [0.05, 0.1) is 7.11 Å². The first kappa shape index (κ1) is 18.0. The molecule has 0 bridgehead atoms. The first-order valence-corrected chi connectivity index (χ1v) is 8.43. The fraction of sp³-hybridized carbons (Fsp3) is 0.474. The van der Waals surface area contributed by atoms with Crippen LogP contribution < -0.4 is 10.1 Å². The Morgan fingerprint density at radius 2 is 1.96 bits per heavy atom. The number of rotatable bonds is 5. The Morgan fingerprint density at radius 1 is 1.25 bits per heavy atom. The van der Waals surface area contributed by atoms with Gasteiger partial charge in [0.2, 0.25) is 11.8 Å². The molecule has 0 radical (unpaired) electrons. The molecule has 1 aliphatic rings. The Morgan fingerprint density at radius 3 is 2.62 bits per heavy atom. The van der Waals surface area contributed by atoms with Crippen molar-refractivity contribution >= 4 is 17.4 Å². The number of methoxy groups -OCH3 is 1. The predicted molar refractivity (Wildman–Crippen MR) is 94.7 cm³/mol. The third-order valence-corrected chi connectivity index (χ3v) is 4.27. The number of piperidine rings is 1. The molecular formula is C19H26N2O3. The molecule has 1 aromatic rings. The predicted octanol–water partition coefficient (Wildman–Crippen LogP) is 2.62. The minimum absolute atomic E-state index is 0.00418. The maximum absolute atomic E-state index is 12.3. The summed E-state index contributed by atoms with van der Waals surface area (Å²) in [5, 5.41) is 2.77. The summed E-state index contributed by atoms with van der Waals surface area (Å²) in [4.78, 5) is 26.4. The zero-order valence-electron chi connectivity index (χ0n) is 14.7. The van der Waals surface area contributed by atoms with E-state index in [-0.39, 0.29) is 11.8 Å². The molecule has 5 nitrogen and oxygen atoms in total. The Kier molecular flexibility index (Phi) is 6.41. The first-order chi connectivity index (χ1) is 11.5. The van der Waals surface area contributed by atoms with Gasteiger partial charge in [-0.2, -0.15) is 0 Å². The molecule has 1 aromatic carbocycles. The second kappa shape index (κ2) is 8.52. The number of hydrogen-bond donors (Lipinski definition) is 1. The lowest BCUT2D eigenvalue weighted by Crippen LogP contribution is -2.48. The number of nitrogens with one attached hydrogen (secondary N) is 1. The van der Waals surface area contributed by atoms with E-state index < -0.39 is 6.04 Å². The lowest BCUT2D eigenvalue weighted by molar-refractivity contribution is -0.135. The van der Waals surface area contributed by atoms with Crippen molar-refractivity contribution in [1.82, 2.24) is 10.2 Å². The molecule has 0 spiro atoms. The van der Waals surface area contributed by atoms with Crippen LogP contribution in [0.1, 0.15) is 38.7 Å². The Bertz CT molecular complexity index is 619. The van der Waals surface area contributed by atoms with Crippen LogP contribution in [0.2, 0.25) is 0 Å². The molecular weight excluding hydrogens is 304 g/mol. The average Bonchev–Trinajstić information content (AvgIpc) is 2.61. The summed E-state index contributed by atoms with van der Waals surface area (Å²) in [5.74, 6) is 0.484. The SMILES string of the molecule is COc1cccc(/C(C)=C/C(=O)N[C@@H](C)C(=O)N2CCCCC2)c1. The van der Waals surface area contributed by atoms with Crippen molar-refractivity contribution in [1.29, 1.82) is 0 Å². The highest BCUT2D eigenvalue weighted by atomic mass is 16.5. The smallest absolute Gasteiger partial charge is 0.244 e. The zero-order valence-corrected chi connectivity index (χ0v) is 14.7. The molecule has 1 atom stereocenters. The fourth-order valence-electron chi connectivity index (χ4n) is 2.85. The summed E-state index contributed by atoms with van der Waals surface area (Å²) in [6.07, 6.45) is 4.78. The normalized spacial score (nSPS) is 16.5. The van der Waals surface area contributed by atoms with Crippen LogP contribution in [0.5, 0.6) is 5.75 Å². The molecule has 1 heterocycles. The van der Waals surface area contributed by atoms with E-state index >= 15 is 0 Å². The molecule has 0 saturated carbocycles. The molecule has 1 saturated heterocycles. The summed E-state index contributed by atoms with van der Waals surface area (Å²) < 4.78 is 5.20. The Hall–Kier alpha value is -2.30. The van der Waals surface area contributed by atoms with E-state index in [1.54, 1.807) is 14.0 Å². The first-order valence-electron chi connectivity index (χ1n) is 8.43. The van der Waals surface area contributed by atoms with Gasteiger partial charge < -0.3 is 15.0 Å². The van der Waals surface area contributed by atoms with Crippen LogP contribution >= 0.6 is 0 Å². The van der Waals surface area contributed by atoms with Crippen LogP contribution in [0.4, 0.5) is 0 Å². The van der Waals surface area contributed by atoms with Crippen LogP contribution in [0.3, 0.4) is 0 Å². The van der Waals surface area contributed by atoms with Gasteiger partial charge in [0.1, 0.15) is 11.8 Å². The number of ether oxygens (including phenoxy) is 1. The average molecular weight is 330 g/mol. The highest BCUT2D eigenvalue weighted by Crippen LogP contribution is 2.19. The van der Waals surface area contributed by atoms with Gasteiger partial charge in [-0.3, -0.25) is 9.59 Å². The van der Waals surface area contributed by atoms with E-state index in [4.69, 9.17) is 4.74 Å². The second-order valence-corrected chi connectivity index (χ2v) is 6.18. The highest BCUT2D eigenvalue weighted by molar-refractivity contribution is 5.97. The number of carbonyl (C=O) groups is 2. The van der Waals surface area contributed by atoms with E-state index in [0.717, 1.165) is 42.8 Å². The van der Waals surface area contributed by atoms with Gasteiger partial charge in [0.15, 0.2) is 0 Å². The van der Waals surface area contributed by atoms with Crippen molar-refractivity contribution in [3.63, 3.8) is 0 Å². The number of nitrogens with zero attached hydrogens (tertiary/aromatic N) is 1. The van der Waals surface area contributed by atoms with Crippen LogP contribution in [0.25, 0.3) is 5.57 Å². The van der Waals surface area contributed by atoms with E-state index in [2.05, 4.69) is 5.32 Å². The van der Waals surface area contributed by atoms with Gasteiger partial charge in [-0.05, 0) is 56.4 Å². The van der Waals surface area contributed by atoms with Gasteiger partial charge in [-0.15, -0.1) is 0 Å². The van der Waals surface area contributed by atoms with Crippen LogP contribution in [0.15, 0.2) is 30.3 Å². The van der Waals surface area contributed by atoms with Crippen molar-refractivity contribution in [2.45, 2.75) is 39.2 Å². The summed E-state index contributed by atoms with van der Waals surface area (Å²) >= 11 is 0. The number of hydrogen-bond acceptors (Lipinski definition) is 3. The molecule has 2 amide bonds. The number of carbonyl (C=O) groups excluding carboxylic acids is 2. The molecule has 1 N–H and O–H groups in total. The topological polar surface area (TPSA) is 58.6 Å². The quantitative estimate of drug-likeness (QED) is 0.844. The van der Waals surface area contributed by atoms with Crippen molar-refractivity contribution in [2.75, 3.05) is 20.2 Å². The monoisotopic (exact) mass is 330 g/mol. The molecule has 1 aliphatic heterocycles. The van der Waals surface area contributed by atoms with E-state index in [0.29, 0.717) is 0 Å². The van der Waals surface area contributed by atoms with E-state index in [9.17, 15) is 9.59 Å². The number of amides is 2. The minimum atomic E-state index is -0.509. The lowest BCUT2D eigenvalue weighted by atomic mass is 10.1. The maximum atomic E-state index is 12.3. The third-order valence-electron chi connectivity index (χ3n) is 4.27. The van der Waals surface area contributed by atoms with E-state index in [1.165, 1.54) is 12.5 Å². The maximum Gasteiger partial charge on any atom is 0.244 e. The third kappa shape index (κ3) is 4.85. The molecule has 0 aliphatic carbocycles. The van der Waals surface area contributed by atoms with Gasteiger partial charge >= 0.3 is 0 Å². The van der Waals surface area contributed by atoms with Gasteiger partial charge in [-0.25, -0.2) is 0 Å². The standard InChI is InChI=1S/C19H26N2O3/c1-14(16-8-7-9-17(13-16)24-3)12-18(22)20-15(2)19(23)21-10-5-4-6-11-21/h7-9,12-13,15H,4-6,10-11H2,1-3H3,(H,20,22)/b14-12+/t15-/m0/s1. The second-order valence-electron chi connectivity index (χ2n) is 6.18. The molecule has 2 rings (SSSR count). The summed E-state index contributed by atoms with van der Waals surface area (Å²) in [5.41, 5.74) is 1.74. The molecule has 5 heteroatoms. The Balaban J connectivity index is 1.96. The molecule has 0 aromatic heterocycles. The number of likely N-dealkylation sites (tertiary alicyclic amines) is 1. The fourth-order valence-corrected chi connectivity index (χ4v) is 2.85. The largest absolute Gasteiger partial charge is 0.497 e. The lowest BCUT2D eigenvalue weighted by Gasteiger charge is -2.29. The van der Waals surface area contributed by atoms with Crippen molar-refractivity contribution in [2.24, 2.45) is 0 Å². The van der Waals surface area contributed by atoms with E-state index in [1.807, 2.05) is 36.1 Å². The van der Waals surface area contributed by atoms with Gasteiger partial charge in [0.25, 0.3) is 0 Å². The summed E-state index contributed by atoms with van der Waals surface area (Å²) in [6, 6.07) is 7.03. The molecule has 1 fully saturated rings. The highest BCUT2D eigenvalue weighted by Gasteiger charge is 2.22. The number of benzene rings is 1. The molecule has 130 valence electrons. The minimum Gasteiger partial charge on any atom is -0.497 e. The van der Waals surface area contributed by atoms with Crippen molar-refractivity contribution in [3.05, 3.63) is 35.9 Å². The molecule has 0 unspecified atom stereocenters. The summed E-state index contributed by atoms with van der Waals surface area (Å²) in [6.45, 7) is 5.18. The number of allylic oxidation sites excluding steroid dienone is 1. The Labute approximate surface area is 143 Å². The summed E-state index contributed by atoms with van der Waals surface area (Å²) in [7, 11) is 1.61. The van der Waals surface area contributed by atoms with Crippen LogP contribution in [-0.2, 0) is 9.59 Å². The van der Waals surface area contributed by atoms with Crippen LogP contribution in [-0.4, -0.2) is 43.0 Å². The van der Waals surface area contributed by atoms with Gasteiger partial charge in [-0.1, -0.05) is 12.1 Å². The van der Waals surface area contributed by atoms with Crippen molar-refractivity contribution in [3.8, 4) is 5.75 Å². The van der Waals surface area contributed by atoms with Gasteiger partial charge in [0, 0.05) is 19.2 Å². The van der Waals surface area contributed by atoms with Crippen LogP contribution in [0, 0.1) is 0 Å². The van der Waals surface area contributed by atoms with Crippen molar-refractivity contribution < 1.29 is 14.3 Å². The molecule has 24 heavy (non-hydrogen) atoms.